The summed E-state index contributed by atoms with van der Waals surface area (Å²) in [7, 11) is 0. The summed E-state index contributed by atoms with van der Waals surface area (Å²) in [4.78, 5) is 42.0. The summed E-state index contributed by atoms with van der Waals surface area (Å²) in [5.74, 6) is -1.31. The number of ether oxygens (including phenoxy) is 1. The van der Waals surface area contributed by atoms with Crippen LogP contribution in [0.4, 0.5) is 9.18 Å². The third kappa shape index (κ3) is 6.24. The maximum absolute atomic E-state index is 13.8. The lowest BCUT2D eigenvalue weighted by atomic mass is 9.83. The standard InChI is InChI=1S/C25H36FN3O4/c1-5-33-24(31)19-7-6-10-28(13-19)23(30)21-12-20(18-8-9-22(26)17(4)11-18)14-29(15-21)25(32)27-16(2)3/h8-9,11,16,19-21H,5-7,10,12-15H2,1-4H3,(H,27,32)/t19-,20-,21+/m1/s1. The monoisotopic (exact) mass is 461 g/mol. The maximum Gasteiger partial charge on any atom is 0.317 e. The van der Waals surface area contributed by atoms with Gasteiger partial charge in [0, 0.05) is 38.1 Å². The van der Waals surface area contributed by atoms with Gasteiger partial charge >= 0.3 is 12.0 Å². The van der Waals surface area contributed by atoms with Crippen LogP contribution < -0.4 is 5.32 Å². The van der Waals surface area contributed by atoms with Crippen molar-refractivity contribution in [3.63, 3.8) is 0 Å². The van der Waals surface area contributed by atoms with Crippen molar-refractivity contribution in [2.75, 3.05) is 32.8 Å². The second-order valence-corrected chi connectivity index (χ2v) is 9.52. The Kier molecular flexibility index (Phi) is 8.32. The summed E-state index contributed by atoms with van der Waals surface area (Å²) >= 11 is 0. The van der Waals surface area contributed by atoms with Crippen LogP contribution >= 0.6 is 0 Å². The van der Waals surface area contributed by atoms with Crippen LogP contribution in [0.3, 0.4) is 0 Å². The van der Waals surface area contributed by atoms with Crippen molar-refractivity contribution >= 4 is 17.9 Å². The van der Waals surface area contributed by atoms with E-state index in [2.05, 4.69) is 5.32 Å². The summed E-state index contributed by atoms with van der Waals surface area (Å²) in [5.41, 5.74) is 1.48. The Morgan fingerprint density at radius 3 is 2.55 bits per heavy atom. The van der Waals surface area contributed by atoms with Crippen molar-refractivity contribution < 1.29 is 23.5 Å². The van der Waals surface area contributed by atoms with Crippen LogP contribution in [0.25, 0.3) is 0 Å². The molecule has 3 atom stereocenters. The zero-order chi connectivity index (χ0) is 24.1. The van der Waals surface area contributed by atoms with E-state index in [1.165, 1.54) is 6.07 Å². The first-order valence-corrected chi connectivity index (χ1v) is 12.0. The van der Waals surface area contributed by atoms with Gasteiger partial charge in [-0.25, -0.2) is 9.18 Å². The summed E-state index contributed by atoms with van der Waals surface area (Å²) in [6.07, 6.45) is 2.05. The highest BCUT2D eigenvalue weighted by molar-refractivity contribution is 5.82. The van der Waals surface area contributed by atoms with Crippen LogP contribution in [0.5, 0.6) is 0 Å². The molecule has 2 saturated heterocycles. The molecule has 0 bridgehead atoms. The number of piperidine rings is 2. The molecule has 0 aliphatic carbocycles. The van der Waals surface area contributed by atoms with Crippen molar-refractivity contribution in [2.45, 2.75) is 58.9 Å². The molecule has 1 aromatic rings. The van der Waals surface area contributed by atoms with Gasteiger partial charge in [0.2, 0.25) is 5.91 Å². The molecule has 182 valence electrons. The molecule has 7 nitrogen and oxygen atoms in total. The molecule has 8 heteroatoms. The second kappa shape index (κ2) is 11.0. The van der Waals surface area contributed by atoms with Crippen LogP contribution in [0.2, 0.25) is 0 Å². The van der Waals surface area contributed by atoms with Crippen LogP contribution in [0, 0.1) is 24.6 Å². The fourth-order valence-corrected chi connectivity index (χ4v) is 4.83. The van der Waals surface area contributed by atoms with Gasteiger partial charge in [0.25, 0.3) is 0 Å². The van der Waals surface area contributed by atoms with Gasteiger partial charge in [-0.05, 0) is 64.2 Å². The van der Waals surface area contributed by atoms with Crippen molar-refractivity contribution in [2.24, 2.45) is 11.8 Å². The molecule has 3 rings (SSSR count). The minimum Gasteiger partial charge on any atom is -0.466 e. The first-order valence-electron chi connectivity index (χ1n) is 12.0. The zero-order valence-electron chi connectivity index (χ0n) is 20.1. The Labute approximate surface area is 195 Å². The summed E-state index contributed by atoms with van der Waals surface area (Å²) in [6.45, 7) is 9.37. The number of aryl methyl sites for hydroxylation is 1. The van der Waals surface area contributed by atoms with E-state index in [0.29, 0.717) is 51.2 Å². The molecule has 2 fully saturated rings. The van der Waals surface area contributed by atoms with E-state index in [1.807, 2.05) is 19.9 Å². The summed E-state index contributed by atoms with van der Waals surface area (Å²) in [5, 5.41) is 2.92. The van der Waals surface area contributed by atoms with Crippen LogP contribution in [0.15, 0.2) is 18.2 Å². The summed E-state index contributed by atoms with van der Waals surface area (Å²) in [6, 6.07) is 4.78. The number of hydrogen-bond acceptors (Lipinski definition) is 4. The lowest BCUT2D eigenvalue weighted by molar-refractivity contribution is -0.152. The average Bonchev–Trinajstić information content (AvgIpc) is 2.80. The van der Waals surface area contributed by atoms with Crippen molar-refractivity contribution in [1.29, 1.82) is 0 Å². The smallest absolute Gasteiger partial charge is 0.317 e. The number of esters is 1. The van der Waals surface area contributed by atoms with E-state index in [4.69, 9.17) is 4.74 Å². The second-order valence-electron chi connectivity index (χ2n) is 9.52. The lowest BCUT2D eigenvalue weighted by Crippen LogP contribution is -2.54. The number of hydrogen-bond donors (Lipinski definition) is 1. The van der Waals surface area contributed by atoms with Crippen LogP contribution in [-0.2, 0) is 14.3 Å². The van der Waals surface area contributed by atoms with Gasteiger partial charge in [0.15, 0.2) is 0 Å². The number of rotatable bonds is 5. The molecule has 3 amide bonds. The Morgan fingerprint density at radius 2 is 1.88 bits per heavy atom. The number of carbonyl (C=O) groups is 3. The van der Waals surface area contributed by atoms with E-state index in [-0.39, 0.29) is 47.5 Å². The Hall–Kier alpha value is -2.64. The Bertz CT molecular complexity index is 875. The number of nitrogens with one attached hydrogen (secondary N) is 1. The molecule has 0 saturated carbocycles. The molecule has 1 N–H and O–H groups in total. The topological polar surface area (TPSA) is 79.0 Å². The zero-order valence-corrected chi connectivity index (χ0v) is 20.1. The predicted octanol–water partition coefficient (Wildman–Crippen LogP) is 3.46. The molecular weight excluding hydrogens is 425 g/mol. The minimum absolute atomic E-state index is 0.0208. The summed E-state index contributed by atoms with van der Waals surface area (Å²) < 4.78 is 19.0. The fourth-order valence-electron chi connectivity index (χ4n) is 4.83. The van der Waals surface area contributed by atoms with Crippen LogP contribution in [0.1, 0.15) is 57.1 Å². The van der Waals surface area contributed by atoms with Gasteiger partial charge in [0.05, 0.1) is 18.4 Å². The van der Waals surface area contributed by atoms with Crippen molar-refractivity contribution in [3.05, 3.63) is 35.1 Å². The highest BCUT2D eigenvalue weighted by Crippen LogP contribution is 2.33. The Morgan fingerprint density at radius 1 is 1.15 bits per heavy atom. The molecule has 0 spiro atoms. The first-order chi connectivity index (χ1) is 15.7. The molecular formula is C25H36FN3O4. The fraction of sp³-hybridized carbons (Fsp3) is 0.640. The highest BCUT2D eigenvalue weighted by atomic mass is 19.1. The lowest BCUT2D eigenvalue weighted by Gasteiger charge is -2.41. The average molecular weight is 462 g/mol. The van der Waals surface area contributed by atoms with Gasteiger partial charge < -0.3 is 19.9 Å². The van der Waals surface area contributed by atoms with E-state index < -0.39 is 0 Å². The number of likely N-dealkylation sites (tertiary alicyclic amines) is 2. The number of amides is 3. The first kappa shape index (κ1) is 25.0. The van der Waals surface area contributed by atoms with E-state index in [0.717, 1.165) is 12.0 Å². The third-order valence-corrected chi connectivity index (χ3v) is 6.51. The highest BCUT2D eigenvalue weighted by Gasteiger charge is 2.38. The van der Waals surface area contributed by atoms with Crippen molar-refractivity contribution in [3.8, 4) is 0 Å². The van der Waals surface area contributed by atoms with E-state index in [1.54, 1.807) is 29.7 Å². The SMILES string of the molecule is CCOC(=O)[C@@H]1CCCN(C(=O)[C@H]2C[C@@H](c3ccc(F)c(C)c3)CN(C(=O)NC(C)C)C2)C1. The molecule has 1 aromatic carbocycles. The molecule has 0 aromatic heterocycles. The normalized spacial score (nSPS) is 23.4. The number of nitrogens with zero attached hydrogens (tertiary/aromatic N) is 2. The quantitative estimate of drug-likeness (QED) is 0.681. The van der Waals surface area contributed by atoms with E-state index >= 15 is 0 Å². The number of carbonyl (C=O) groups excluding carboxylic acids is 3. The predicted molar refractivity (Wildman–Crippen MR) is 123 cm³/mol. The van der Waals surface area contributed by atoms with Gasteiger partial charge in [-0.2, -0.15) is 0 Å². The molecule has 0 radical (unpaired) electrons. The minimum atomic E-state index is -0.382. The van der Waals surface area contributed by atoms with E-state index in [9.17, 15) is 18.8 Å². The van der Waals surface area contributed by atoms with Crippen molar-refractivity contribution in [1.82, 2.24) is 15.1 Å². The third-order valence-electron chi connectivity index (χ3n) is 6.51. The molecule has 33 heavy (non-hydrogen) atoms. The largest absolute Gasteiger partial charge is 0.466 e. The van der Waals surface area contributed by atoms with Crippen LogP contribution in [-0.4, -0.2) is 66.5 Å². The molecule has 2 heterocycles. The molecule has 2 aliphatic rings. The maximum atomic E-state index is 13.8. The number of benzene rings is 1. The number of halogens is 1. The molecule has 2 aliphatic heterocycles. The number of urea groups is 1. The Balaban J connectivity index is 1.79. The van der Waals surface area contributed by atoms with Gasteiger partial charge in [-0.1, -0.05) is 12.1 Å². The van der Waals surface area contributed by atoms with Gasteiger partial charge in [-0.3, -0.25) is 9.59 Å². The van der Waals surface area contributed by atoms with Gasteiger partial charge in [0.1, 0.15) is 5.82 Å². The molecule has 0 unspecified atom stereocenters. The van der Waals surface area contributed by atoms with Gasteiger partial charge in [-0.15, -0.1) is 0 Å².